The highest BCUT2D eigenvalue weighted by atomic mass is 32.2. The van der Waals surface area contributed by atoms with E-state index >= 15 is 0 Å². The fourth-order valence-electron chi connectivity index (χ4n) is 3.38. The molecule has 0 spiro atoms. The van der Waals surface area contributed by atoms with Gasteiger partial charge >= 0.3 is 0 Å². The summed E-state index contributed by atoms with van der Waals surface area (Å²) in [5.41, 5.74) is 2.85. The van der Waals surface area contributed by atoms with Gasteiger partial charge in [0.1, 0.15) is 0 Å². The topological polar surface area (TPSA) is 49.4 Å². The molecule has 4 nitrogen and oxygen atoms in total. The van der Waals surface area contributed by atoms with E-state index in [1.165, 1.54) is 36.8 Å². The number of rotatable bonds is 4. The summed E-state index contributed by atoms with van der Waals surface area (Å²) in [5, 5.41) is 0. The van der Waals surface area contributed by atoms with E-state index in [0.29, 0.717) is 0 Å². The molecule has 1 saturated carbocycles. The first-order chi connectivity index (χ1) is 10.0. The SMILES string of the molecule is CS(=O)(=O)NC1CCN(c2ccccc2C2CCC2)CC1. The van der Waals surface area contributed by atoms with Gasteiger partial charge in [-0.1, -0.05) is 24.6 Å². The van der Waals surface area contributed by atoms with Gasteiger partial charge in [-0.3, -0.25) is 0 Å². The fourth-order valence-corrected chi connectivity index (χ4v) is 4.22. The molecule has 1 aromatic rings. The average molecular weight is 308 g/mol. The van der Waals surface area contributed by atoms with Gasteiger partial charge < -0.3 is 4.90 Å². The molecular weight excluding hydrogens is 284 g/mol. The first kappa shape index (κ1) is 14.9. The molecule has 21 heavy (non-hydrogen) atoms. The van der Waals surface area contributed by atoms with E-state index in [0.717, 1.165) is 31.8 Å². The summed E-state index contributed by atoms with van der Waals surface area (Å²) in [6.07, 6.45) is 6.97. The molecule has 116 valence electrons. The van der Waals surface area contributed by atoms with Gasteiger partial charge in [0.15, 0.2) is 0 Å². The molecule has 1 aliphatic heterocycles. The van der Waals surface area contributed by atoms with Crippen molar-refractivity contribution in [3.8, 4) is 0 Å². The first-order valence-corrected chi connectivity index (χ1v) is 9.73. The van der Waals surface area contributed by atoms with Crippen LogP contribution in [0.15, 0.2) is 24.3 Å². The van der Waals surface area contributed by atoms with E-state index in [2.05, 4.69) is 33.9 Å². The Morgan fingerprint density at radius 3 is 2.33 bits per heavy atom. The highest BCUT2D eigenvalue weighted by molar-refractivity contribution is 7.88. The van der Waals surface area contributed by atoms with Gasteiger partial charge in [-0.05, 0) is 43.2 Å². The summed E-state index contributed by atoms with van der Waals surface area (Å²) in [6.45, 7) is 1.86. The summed E-state index contributed by atoms with van der Waals surface area (Å²) in [6, 6.07) is 8.82. The third-order valence-corrected chi connectivity index (χ3v) is 5.46. The molecule has 2 fully saturated rings. The Morgan fingerprint density at radius 2 is 1.76 bits per heavy atom. The zero-order valence-corrected chi connectivity index (χ0v) is 13.4. The molecule has 0 atom stereocenters. The Hall–Kier alpha value is -1.07. The zero-order valence-electron chi connectivity index (χ0n) is 12.6. The molecule has 1 aliphatic carbocycles. The number of anilines is 1. The minimum absolute atomic E-state index is 0.0899. The number of benzene rings is 1. The van der Waals surface area contributed by atoms with E-state index in [9.17, 15) is 8.42 Å². The Morgan fingerprint density at radius 1 is 1.10 bits per heavy atom. The van der Waals surface area contributed by atoms with Crippen LogP contribution in [-0.2, 0) is 10.0 Å². The minimum Gasteiger partial charge on any atom is -0.371 e. The van der Waals surface area contributed by atoms with Gasteiger partial charge in [0.2, 0.25) is 10.0 Å². The number of piperidine rings is 1. The standard InChI is InChI=1S/C16H24N2O2S/c1-21(19,20)17-14-9-11-18(12-10-14)16-8-3-2-7-15(16)13-5-4-6-13/h2-3,7-8,13-14,17H,4-6,9-12H2,1H3. The second kappa shape index (κ2) is 5.97. The third-order valence-electron chi connectivity index (χ3n) is 4.70. The minimum atomic E-state index is -3.09. The highest BCUT2D eigenvalue weighted by Crippen LogP contribution is 2.41. The molecule has 0 radical (unpaired) electrons. The normalized spacial score (nSPS) is 21.3. The molecule has 0 aromatic heterocycles. The number of sulfonamides is 1. The van der Waals surface area contributed by atoms with Crippen molar-refractivity contribution in [1.29, 1.82) is 0 Å². The second-order valence-electron chi connectivity index (χ2n) is 6.34. The van der Waals surface area contributed by atoms with Crippen LogP contribution in [0.3, 0.4) is 0 Å². The van der Waals surface area contributed by atoms with Gasteiger partial charge in [-0.2, -0.15) is 0 Å². The zero-order chi connectivity index (χ0) is 14.9. The molecule has 5 heteroatoms. The molecule has 2 aliphatic rings. The van der Waals surface area contributed by atoms with Gasteiger partial charge in [-0.25, -0.2) is 13.1 Å². The Kier molecular flexibility index (Phi) is 4.22. The van der Waals surface area contributed by atoms with E-state index in [4.69, 9.17) is 0 Å². The van der Waals surface area contributed by atoms with E-state index < -0.39 is 10.0 Å². The van der Waals surface area contributed by atoms with Gasteiger partial charge in [0.05, 0.1) is 6.26 Å². The predicted molar refractivity (Wildman–Crippen MR) is 86.2 cm³/mol. The van der Waals surface area contributed by atoms with Crippen molar-refractivity contribution in [1.82, 2.24) is 4.72 Å². The Bertz CT molecular complexity index is 588. The monoisotopic (exact) mass is 308 g/mol. The lowest BCUT2D eigenvalue weighted by molar-refractivity contribution is 0.416. The molecular formula is C16H24N2O2S. The van der Waals surface area contributed by atoms with Crippen molar-refractivity contribution in [2.24, 2.45) is 0 Å². The van der Waals surface area contributed by atoms with Crippen molar-refractivity contribution in [2.45, 2.75) is 44.1 Å². The average Bonchev–Trinajstić information content (AvgIpc) is 2.37. The summed E-state index contributed by atoms with van der Waals surface area (Å²) in [7, 11) is -3.09. The molecule has 3 rings (SSSR count). The number of para-hydroxylation sites is 1. The summed E-state index contributed by atoms with van der Waals surface area (Å²) in [5.74, 6) is 0.730. The largest absolute Gasteiger partial charge is 0.371 e. The maximum atomic E-state index is 11.3. The Balaban J connectivity index is 1.67. The molecule has 0 bridgehead atoms. The van der Waals surface area contributed by atoms with Crippen molar-refractivity contribution in [2.75, 3.05) is 24.2 Å². The molecule has 1 saturated heterocycles. The van der Waals surface area contributed by atoms with Crippen LogP contribution >= 0.6 is 0 Å². The van der Waals surface area contributed by atoms with Gasteiger partial charge in [0.25, 0.3) is 0 Å². The van der Waals surface area contributed by atoms with Crippen LogP contribution in [-0.4, -0.2) is 33.8 Å². The number of nitrogens with one attached hydrogen (secondary N) is 1. The van der Waals surface area contributed by atoms with Gasteiger partial charge in [0, 0.05) is 24.8 Å². The quantitative estimate of drug-likeness (QED) is 0.929. The molecule has 0 unspecified atom stereocenters. The molecule has 1 N–H and O–H groups in total. The lowest BCUT2D eigenvalue weighted by Crippen LogP contribution is -2.44. The second-order valence-corrected chi connectivity index (χ2v) is 8.12. The Labute approximate surface area is 127 Å². The van der Waals surface area contributed by atoms with Crippen LogP contribution in [0.1, 0.15) is 43.6 Å². The van der Waals surface area contributed by atoms with Crippen LogP contribution in [0.4, 0.5) is 5.69 Å². The summed E-state index contributed by atoms with van der Waals surface area (Å²) in [4.78, 5) is 2.42. The molecule has 0 amide bonds. The maximum Gasteiger partial charge on any atom is 0.208 e. The van der Waals surface area contributed by atoms with Crippen molar-refractivity contribution in [3.05, 3.63) is 29.8 Å². The van der Waals surface area contributed by atoms with E-state index in [1.807, 2.05) is 0 Å². The first-order valence-electron chi connectivity index (χ1n) is 7.84. The number of hydrogen-bond donors (Lipinski definition) is 1. The van der Waals surface area contributed by atoms with Crippen LogP contribution in [0.2, 0.25) is 0 Å². The molecule has 1 aromatic carbocycles. The van der Waals surface area contributed by atoms with Gasteiger partial charge in [-0.15, -0.1) is 0 Å². The van der Waals surface area contributed by atoms with Crippen LogP contribution in [0, 0.1) is 0 Å². The molecule has 1 heterocycles. The van der Waals surface area contributed by atoms with E-state index in [1.54, 1.807) is 0 Å². The van der Waals surface area contributed by atoms with Crippen LogP contribution in [0.25, 0.3) is 0 Å². The van der Waals surface area contributed by atoms with Crippen molar-refractivity contribution < 1.29 is 8.42 Å². The third kappa shape index (κ3) is 3.58. The van der Waals surface area contributed by atoms with Crippen molar-refractivity contribution in [3.63, 3.8) is 0 Å². The van der Waals surface area contributed by atoms with Crippen molar-refractivity contribution >= 4 is 15.7 Å². The fraction of sp³-hybridized carbons (Fsp3) is 0.625. The lowest BCUT2D eigenvalue weighted by atomic mass is 9.79. The van der Waals surface area contributed by atoms with Crippen LogP contribution in [0.5, 0.6) is 0 Å². The number of hydrogen-bond acceptors (Lipinski definition) is 3. The lowest BCUT2D eigenvalue weighted by Gasteiger charge is -2.37. The predicted octanol–water partition coefficient (Wildman–Crippen LogP) is 2.47. The summed E-state index contributed by atoms with van der Waals surface area (Å²) >= 11 is 0. The highest BCUT2D eigenvalue weighted by Gasteiger charge is 2.26. The maximum absolute atomic E-state index is 11.3. The van der Waals surface area contributed by atoms with Crippen LogP contribution < -0.4 is 9.62 Å². The summed E-state index contributed by atoms with van der Waals surface area (Å²) < 4.78 is 25.4. The van der Waals surface area contributed by atoms with E-state index in [-0.39, 0.29) is 6.04 Å². The number of nitrogens with zero attached hydrogens (tertiary/aromatic N) is 1. The smallest absolute Gasteiger partial charge is 0.208 e.